The van der Waals surface area contributed by atoms with Gasteiger partial charge in [-0.15, -0.1) is 0 Å². The van der Waals surface area contributed by atoms with Gasteiger partial charge >= 0.3 is 0 Å². The summed E-state index contributed by atoms with van der Waals surface area (Å²) in [7, 11) is 1.79. The lowest BCUT2D eigenvalue weighted by Gasteiger charge is -2.14. The Morgan fingerprint density at radius 1 is 1.22 bits per heavy atom. The van der Waals surface area contributed by atoms with Crippen LogP contribution in [0.15, 0.2) is 23.2 Å². The summed E-state index contributed by atoms with van der Waals surface area (Å²) in [6, 6.07) is 6.08. The zero-order chi connectivity index (χ0) is 15.9. The molecule has 3 rings (SSSR count). The number of fused-ring (bicyclic) bond motifs is 1. The molecule has 2 aliphatic heterocycles. The van der Waals surface area contributed by atoms with Crippen molar-refractivity contribution in [3.8, 4) is 11.5 Å². The van der Waals surface area contributed by atoms with Gasteiger partial charge in [-0.2, -0.15) is 0 Å². The Bertz CT molecular complexity index is 542. The lowest BCUT2D eigenvalue weighted by Crippen LogP contribution is -2.39. The number of nitrogens with one attached hydrogen (secondary N) is 2. The number of hydrogen-bond acceptors (Lipinski definition) is 4. The predicted octanol–water partition coefficient (Wildman–Crippen LogP) is 1.69. The Kier molecular flexibility index (Phi) is 5.58. The van der Waals surface area contributed by atoms with Gasteiger partial charge in [0.2, 0.25) is 6.79 Å². The average Bonchev–Trinajstić information content (AvgIpc) is 3.24. The third-order valence-electron chi connectivity index (χ3n) is 4.15. The van der Waals surface area contributed by atoms with E-state index in [1.165, 1.54) is 18.4 Å². The molecule has 0 bridgehead atoms. The maximum Gasteiger partial charge on any atom is 0.231 e. The summed E-state index contributed by atoms with van der Waals surface area (Å²) in [4.78, 5) is 4.25. The van der Waals surface area contributed by atoms with Gasteiger partial charge in [0.1, 0.15) is 0 Å². The smallest absolute Gasteiger partial charge is 0.231 e. The normalized spacial score (nSPS) is 19.9. The number of benzene rings is 1. The number of rotatable bonds is 6. The molecule has 0 amide bonds. The fraction of sp³-hybridized carbons (Fsp3) is 0.588. The van der Waals surface area contributed by atoms with Gasteiger partial charge in [0, 0.05) is 26.7 Å². The summed E-state index contributed by atoms with van der Waals surface area (Å²) in [6.07, 6.45) is 4.71. The van der Waals surface area contributed by atoms with E-state index in [1.807, 2.05) is 12.1 Å². The van der Waals surface area contributed by atoms with Gasteiger partial charge in [-0.25, -0.2) is 0 Å². The highest BCUT2D eigenvalue weighted by Crippen LogP contribution is 2.32. The summed E-state index contributed by atoms with van der Waals surface area (Å²) in [5.74, 6) is 2.50. The van der Waals surface area contributed by atoms with Crippen molar-refractivity contribution in [3.05, 3.63) is 23.8 Å². The fourth-order valence-corrected chi connectivity index (χ4v) is 2.87. The van der Waals surface area contributed by atoms with Gasteiger partial charge in [-0.1, -0.05) is 6.07 Å². The Hall–Kier alpha value is -1.95. The molecule has 6 nitrogen and oxygen atoms in total. The van der Waals surface area contributed by atoms with Crippen molar-refractivity contribution in [2.75, 3.05) is 33.5 Å². The van der Waals surface area contributed by atoms with E-state index in [9.17, 15) is 0 Å². The number of guanidine groups is 1. The molecule has 0 aromatic heterocycles. The molecule has 6 heteroatoms. The van der Waals surface area contributed by atoms with Crippen LogP contribution in [0.5, 0.6) is 11.5 Å². The quantitative estimate of drug-likeness (QED) is 0.617. The van der Waals surface area contributed by atoms with Crippen LogP contribution in [-0.4, -0.2) is 45.6 Å². The molecule has 2 N–H and O–H groups in total. The van der Waals surface area contributed by atoms with Crippen molar-refractivity contribution in [3.63, 3.8) is 0 Å². The number of nitrogens with zero attached hydrogens (tertiary/aromatic N) is 1. The number of aliphatic imine (C=N–C) groups is 1. The molecule has 1 saturated heterocycles. The zero-order valence-electron chi connectivity index (χ0n) is 13.6. The fourth-order valence-electron chi connectivity index (χ4n) is 2.87. The van der Waals surface area contributed by atoms with Gasteiger partial charge in [0.25, 0.3) is 0 Å². The molecule has 1 aromatic rings. The van der Waals surface area contributed by atoms with Gasteiger partial charge in [-0.3, -0.25) is 4.99 Å². The summed E-state index contributed by atoms with van der Waals surface area (Å²) < 4.78 is 16.3. The van der Waals surface area contributed by atoms with Crippen LogP contribution >= 0.6 is 0 Å². The van der Waals surface area contributed by atoms with Crippen LogP contribution in [0, 0.1) is 0 Å². The highest BCUT2D eigenvalue weighted by Gasteiger charge is 2.15. The molecule has 0 radical (unpaired) electrons. The molecule has 1 fully saturated rings. The molecule has 2 aliphatic rings. The standard InChI is InChI=1S/C17H25N3O3/c1-18-17(20-9-7-14-3-2-10-21-14)19-8-6-13-4-5-15-16(11-13)23-12-22-15/h4-5,11,14H,2-3,6-10,12H2,1H3,(H2,18,19,20). The minimum Gasteiger partial charge on any atom is -0.454 e. The highest BCUT2D eigenvalue weighted by atomic mass is 16.7. The van der Waals surface area contributed by atoms with Crippen molar-refractivity contribution in [1.29, 1.82) is 0 Å². The Labute approximate surface area is 137 Å². The molecule has 2 heterocycles. The lowest BCUT2D eigenvalue weighted by atomic mass is 10.1. The predicted molar refractivity (Wildman–Crippen MR) is 89.2 cm³/mol. The second-order valence-corrected chi connectivity index (χ2v) is 5.79. The SMILES string of the molecule is CN=C(NCCc1ccc2c(c1)OCO2)NCCC1CCCO1. The van der Waals surface area contributed by atoms with Crippen LogP contribution in [0.4, 0.5) is 0 Å². The van der Waals surface area contributed by atoms with E-state index < -0.39 is 0 Å². The van der Waals surface area contributed by atoms with E-state index in [-0.39, 0.29) is 0 Å². The minimum atomic E-state index is 0.318. The second-order valence-electron chi connectivity index (χ2n) is 5.79. The maximum absolute atomic E-state index is 5.62. The van der Waals surface area contributed by atoms with E-state index in [2.05, 4.69) is 21.7 Å². The first-order chi connectivity index (χ1) is 11.3. The second kappa shape index (κ2) is 8.06. The van der Waals surface area contributed by atoms with Crippen LogP contribution in [0.3, 0.4) is 0 Å². The van der Waals surface area contributed by atoms with Crippen LogP contribution in [0.2, 0.25) is 0 Å². The molecular weight excluding hydrogens is 294 g/mol. The highest BCUT2D eigenvalue weighted by molar-refractivity contribution is 5.79. The minimum absolute atomic E-state index is 0.318. The van der Waals surface area contributed by atoms with Crippen LogP contribution in [0.1, 0.15) is 24.8 Å². The third-order valence-corrected chi connectivity index (χ3v) is 4.15. The topological polar surface area (TPSA) is 64.1 Å². The van der Waals surface area contributed by atoms with E-state index in [0.717, 1.165) is 50.0 Å². The summed E-state index contributed by atoms with van der Waals surface area (Å²) in [5.41, 5.74) is 1.22. The average molecular weight is 319 g/mol. The van der Waals surface area contributed by atoms with E-state index in [1.54, 1.807) is 7.05 Å². The van der Waals surface area contributed by atoms with Crippen molar-refractivity contribution in [2.45, 2.75) is 31.8 Å². The summed E-state index contributed by atoms with van der Waals surface area (Å²) >= 11 is 0. The third kappa shape index (κ3) is 4.51. The Morgan fingerprint density at radius 2 is 2.09 bits per heavy atom. The molecule has 23 heavy (non-hydrogen) atoms. The molecule has 0 aliphatic carbocycles. The summed E-state index contributed by atoms with van der Waals surface area (Å²) in [6.45, 7) is 2.93. The molecule has 1 unspecified atom stereocenters. The van der Waals surface area contributed by atoms with Crippen molar-refractivity contribution >= 4 is 5.96 Å². The van der Waals surface area contributed by atoms with Gasteiger partial charge in [-0.05, 0) is 43.4 Å². The zero-order valence-corrected chi connectivity index (χ0v) is 13.6. The van der Waals surface area contributed by atoms with Gasteiger partial charge in [0.15, 0.2) is 17.5 Å². The first-order valence-corrected chi connectivity index (χ1v) is 8.30. The maximum atomic E-state index is 5.62. The lowest BCUT2D eigenvalue weighted by molar-refractivity contribution is 0.105. The molecular formula is C17H25N3O3. The van der Waals surface area contributed by atoms with E-state index >= 15 is 0 Å². The first kappa shape index (κ1) is 15.9. The largest absolute Gasteiger partial charge is 0.454 e. The van der Waals surface area contributed by atoms with Crippen molar-refractivity contribution in [2.24, 2.45) is 4.99 Å². The van der Waals surface area contributed by atoms with E-state index in [4.69, 9.17) is 14.2 Å². The molecule has 0 spiro atoms. The van der Waals surface area contributed by atoms with Crippen LogP contribution in [-0.2, 0) is 11.2 Å². The molecule has 126 valence electrons. The molecule has 1 aromatic carbocycles. The monoisotopic (exact) mass is 319 g/mol. The molecule has 1 atom stereocenters. The van der Waals surface area contributed by atoms with E-state index in [0.29, 0.717) is 12.9 Å². The Balaban J connectivity index is 1.36. The van der Waals surface area contributed by atoms with Crippen molar-refractivity contribution in [1.82, 2.24) is 10.6 Å². The van der Waals surface area contributed by atoms with Crippen LogP contribution in [0.25, 0.3) is 0 Å². The Morgan fingerprint density at radius 3 is 2.91 bits per heavy atom. The van der Waals surface area contributed by atoms with Crippen molar-refractivity contribution < 1.29 is 14.2 Å². The van der Waals surface area contributed by atoms with Gasteiger partial charge in [0.05, 0.1) is 6.10 Å². The summed E-state index contributed by atoms with van der Waals surface area (Å²) in [5, 5.41) is 6.68. The number of hydrogen-bond donors (Lipinski definition) is 2. The first-order valence-electron chi connectivity index (χ1n) is 8.30. The molecule has 0 saturated carbocycles. The number of ether oxygens (including phenoxy) is 3. The van der Waals surface area contributed by atoms with Gasteiger partial charge < -0.3 is 24.8 Å². The van der Waals surface area contributed by atoms with Crippen LogP contribution < -0.4 is 20.1 Å².